The van der Waals surface area contributed by atoms with Crippen LogP contribution < -0.4 is 0 Å². The average molecular weight is 324 g/mol. The van der Waals surface area contributed by atoms with E-state index in [2.05, 4.69) is 56.3 Å². The fourth-order valence-electron chi connectivity index (χ4n) is 0.790. The molecule has 0 spiro atoms. The van der Waals surface area contributed by atoms with Gasteiger partial charge in [0.2, 0.25) is 0 Å². The molecule has 0 aromatic heterocycles. The molecule has 0 unspecified atom stereocenters. The molecule has 0 N–H and O–H groups in total. The Bertz CT molecular complexity index is 356. The maximum Gasteiger partial charge on any atom is 0.141 e. The molecule has 0 aliphatic carbocycles. The van der Waals surface area contributed by atoms with Crippen molar-refractivity contribution < 1.29 is 4.39 Å². The lowest BCUT2D eigenvalue weighted by molar-refractivity contribution is 0.622. The summed E-state index contributed by atoms with van der Waals surface area (Å²) in [7, 11) is 0. The Kier molecular flexibility index (Phi) is 4.30. The van der Waals surface area contributed by atoms with Gasteiger partial charge in [0.1, 0.15) is 5.82 Å². The second-order valence-electron chi connectivity index (χ2n) is 2.20. The van der Waals surface area contributed by atoms with Gasteiger partial charge in [-0.25, -0.2) is 4.39 Å². The van der Waals surface area contributed by atoms with Crippen molar-refractivity contribution in [1.82, 2.24) is 0 Å². The van der Waals surface area contributed by atoms with Crippen LogP contribution in [0.25, 0.3) is 0 Å². The van der Waals surface area contributed by atoms with Gasteiger partial charge in [-0.2, -0.15) is 12.6 Å². The van der Waals surface area contributed by atoms with E-state index >= 15 is 0 Å². The zero-order valence-corrected chi connectivity index (χ0v) is 10.5. The first kappa shape index (κ1) is 11.1. The highest BCUT2D eigenvalue weighted by Gasteiger charge is 2.05. The zero-order chi connectivity index (χ0) is 9.84. The summed E-state index contributed by atoms with van der Waals surface area (Å²) in [5.41, 5.74) is 0.372. The van der Waals surface area contributed by atoms with E-state index in [0.29, 0.717) is 20.3 Å². The Balaban J connectivity index is 3.21. The molecular weight excluding hydrogens is 319 g/mol. The standard InChI is InChI=1S/C9H5Br2FS/c10-6-4-8(11)7(2-1-3-13)9(12)5-6/h4-5,13H,3H2. The van der Waals surface area contributed by atoms with Crippen molar-refractivity contribution in [2.45, 2.75) is 0 Å². The minimum atomic E-state index is -0.337. The van der Waals surface area contributed by atoms with Gasteiger partial charge in [-0.1, -0.05) is 27.8 Å². The minimum absolute atomic E-state index is 0.337. The summed E-state index contributed by atoms with van der Waals surface area (Å²) in [4.78, 5) is 0. The van der Waals surface area contributed by atoms with Crippen molar-refractivity contribution in [3.63, 3.8) is 0 Å². The van der Waals surface area contributed by atoms with E-state index in [1.165, 1.54) is 6.07 Å². The third-order valence-corrected chi connectivity index (χ3v) is 2.54. The first-order chi connectivity index (χ1) is 6.15. The minimum Gasteiger partial charge on any atom is -0.206 e. The predicted molar refractivity (Wildman–Crippen MR) is 62.5 cm³/mol. The number of halogens is 3. The molecule has 1 rings (SSSR count). The molecule has 0 amide bonds. The molecule has 13 heavy (non-hydrogen) atoms. The summed E-state index contributed by atoms with van der Waals surface area (Å²) < 4.78 is 14.6. The van der Waals surface area contributed by atoms with Crippen LogP contribution in [0.4, 0.5) is 4.39 Å². The molecule has 0 nitrogen and oxygen atoms in total. The van der Waals surface area contributed by atoms with Gasteiger partial charge in [0.25, 0.3) is 0 Å². The molecule has 1 aromatic carbocycles. The molecule has 0 saturated carbocycles. The lowest BCUT2D eigenvalue weighted by Crippen LogP contribution is -1.86. The Morgan fingerprint density at radius 3 is 2.62 bits per heavy atom. The molecule has 0 aliphatic heterocycles. The van der Waals surface area contributed by atoms with Crippen LogP contribution in [0.5, 0.6) is 0 Å². The van der Waals surface area contributed by atoms with Crippen LogP contribution in [0.15, 0.2) is 21.1 Å². The van der Waals surface area contributed by atoms with Crippen molar-refractivity contribution in [3.8, 4) is 11.8 Å². The normalized spacial score (nSPS) is 9.23. The first-order valence-electron chi connectivity index (χ1n) is 3.39. The highest BCUT2D eigenvalue weighted by molar-refractivity contribution is 9.11. The monoisotopic (exact) mass is 322 g/mol. The summed E-state index contributed by atoms with van der Waals surface area (Å²) in [6.45, 7) is 0. The van der Waals surface area contributed by atoms with E-state index < -0.39 is 0 Å². The topological polar surface area (TPSA) is 0 Å². The van der Waals surface area contributed by atoms with Crippen LogP contribution in [0.3, 0.4) is 0 Å². The first-order valence-corrected chi connectivity index (χ1v) is 5.61. The molecule has 0 fully saturated rings. The van der Waals surface area contributed by atoms with Crippen LogP contribution >= 0.6 is 44.5 Å². The van der Waals surface area contributed by atoms with Crippen molar-refractivity contribution in [2.75, 3.05) is 5.75 Å². The largest absolute Gasteiger partial charge is 0.206 e. The van der Waals surface area contributed by atoms with E-state index in [-0.39, 0.29) is 5.82 Å². The lowest BCUT2D eigenvalue weighted by Gasteiger charge is -1.99. The van der Waals surface area contributed by atoms with Crippen LogP contribution in [0, 0.1) is 17.7 Å². The molecule has 0 aliphatic rings. The molecule has 1 aromatic rings. The number of hydrogen-bond acceptors (Lipinski definition) is 1. The Morgan fingerprint density at radius 1 is 1.38 bits per heavy atom. The van der Waals surface area contributed by atoms with E-state index in [1.807, 2.05) is 0 Å². The zero-order valence-electron chi connectivity index (χ0n) is 6.44. The van der Waals surface area contributed by atoms with Crippen molar-refractivity contribution in [3.05, 3.63) is 32.5 Å². The van der Waals surface area contributed by atoms with Crippen molar-refractivity contribution >= 4 is 44.5 Å². The SMILES string of the molecule is Fc1cc(Br)cc(Br)c1C#CCS. The Hall–Kier alpha value is 0.0200. The van der Waals surface area contributed by atoms with Gasteiger partial charge in [-0.15, -0.1) is 0 Å². The molecular formula is C9H5Br2FS. The molecule has 4 heteroatoms. The fraction of sp³-hybridized carbons (Fsp3) is 0.111. The maximum absolute atomic E-state index is 13.2. The lowest BCUT2D eigenvalue weighted by atomic mass is 10.2. The number of hydrogen-bond donors (Lipinski definition) is 1. The van der Waals surface area contributed by atoms with Crippen LogP contribution in [0.1, 0.15) is 5.56 Å². The van der Waals surface area contributed by atoms with Crippen molar-refractivity contribution in [1.29, 1.82) is 0 Å². The summed E-state index contributed by atoms with van der Waals surface area (Å²) in [6, 6.07) is 3.14. The number of rotatable bonds is 0. The van der Waals surface area contributed by atoms with E-state index in [1.54, 1.807) is 6.07 Å². The molecule has 0 atom stereocenters. The average Bonchev–Trinajstić information content (AvgIpc) is 2.02. The highest BCUT2D eigenvalue weighted by atomic mass is 79.9. The Morgan fingerprint density at radius 2 is 2.08 bits per heavy atom. The van der Waals surface area contributed by atoms with E-state index in [0.717, 1.165) is 0 Å². The summed E-state index contributed by atoms with van der Waals surface area (Å²) >= 11 is 10.3. The van der Waals surface area contributed by atoms with Gasteiger partial charge in [-0.05, 0) is 28.1 Å². The van der Waals surface area contributed by atoms with Gasteiger partial charge in [0, 0.05) is 8.95 Å². The third kappa shape index (κ3) is 3.01. The van der Waals surface area contributed by atoms with Crippen LogP contribution in [-0.2, 0) is 0 Å². The summed E-state index contributed by atoms with van der Waals surface area (Å²) in [5, 5.41) is 0. The van der Waals surface area contributed by atoms with Crippen LogP contribution in [0.2, 0.25) is 0 Å². The highest BCUT2D eigenvalue weighted by Crippen LogP contribution is 2.24. The van der Waals surface area contributed by atoms with Gasteiger partial charge in [-0.3, -0.25) is 0 Å². The molecule has 0 radical (unpaired) electrons. The van der Waals surface area contributed by atoms with E-state index in [9.17, 15) is 4.39 Å². The number of benzene rings is 1. The maximum atomic E-state index is 13.2. The predicted octanol–water partition coefficient (Wildman–Crippen LogP) is 3.63. The molecule has 0 heterocycles. The molecule has 0 saturated heterocycles. The van der Waals surface area contributed by atoms with Gasteiger partial charge < -0.3 is 0 Å². The third-order valence-electron chi connectivity index (χ3n) is 1.30. The van der Waals surface area contributed by atoms with Crippen molar-refractivity contribution in [2.24, 2.45) is 0 Å². The summed E-state index contributed by atoms with van der Waals surface area (Å²) in [5.74, 6) is 5.46. The molecule has 0 bridgehead atoms. The smallest absolute Gasteiger partial charge is 0.141 e. The van der Waals surface area contributed by atoms with Crippen LogP contribution in [-0.4, -0.2) is 5.75 Å². The Labute approximate surface area is 98.6 Å². The fourth-order valence-corrected chi connectivity index (χ4v) is 2.14. The van der Waals surface area contributed by atoms with Gasteiger partial charge >= 0.3 is 0 Å². The van der Waals surface area contributed by atoms with E-state index in [4.69, 9.17) is 0 Å². The van der Waals surface area contributed by atoms with Gasteiger partial charge in [0.15, 0.2) is 0 Å². The quantitative estimate of drug-likeness (QED) is 0.547. The summed E-state index contributed by atoms with van der Waals surface area (Å²) in [6.07, 6.45) is 0. The molecule has 68 valence electrons. The number of thiol groups is 1. The second kappa shape index (κ2) is 5.04. The van der Waals surface area contributed by atoms with Gasteiger partial charge in [0.05, 0.1) is 11.3 Å². The second-order valence-corrected chi connectivity index (χ2v) is 4.29.